The Morgan fingerprint density at radius 2 is 2.06 bits per heavy atom. The zero-order chi connectivity index (χ0) is 13.2. The summed E-state index contributed by atoms with van der Waals surface area (Å²) in [6.07, 6.45) is 0.765. The van der Waals surface area contributed by atoms with Crippen LogP contribution in [0, 0.1) is 5.41 Å². The summed E-state index contributed by atoms with van der Waals surface area (Å²) in [5, 5.41) is 11.6. The first kappa shape index (κ1) is 13.8. The Kier molecular flexibility index (Phi) is 3.98. The Labute approximate surface area is 101 Å². The summed E-state index contributed by atoms with van der Waals surface area (Å²) >= 11 is 0. The molecule has 0 saturated carbocycles. The molecule has 1 rings (SSSR count). The van der Waals surface area contributed by atoms with Crippen LogP contribution in [0.15, 0.2) is 0 Å². The third-order valence-corrected chi connectivity index (χ3v) is 2.89. The minimum absolute atomic E-state index is 0.00124. The van der Waals surface area contributed by atoms with Gasteiger partial charge in [-0.05, 0) is 11.8 Å². The van der Waals surface area contributed by atoms with Gasteiger partial charge in [0, 0.05) is 19.1 Å². The molecule has 4 N–H and O–H groups in total. The van der Waals surface area contributed by atoms with E-state index in [2.05, 4.69) is 5.32 Å². The number of hydrogen-bond acceptors (Lipinski definition) is 3. The molecular formula is C11H21N3O3. The highest BCUT2D eigenvalue weighted by molar-refractivity contribution is 5.83. The molecule has 0 radical (unpaired) electrons. The smallest absolute Gasteiger partial charge is 0.326 e. The van der Waals surface area contributed by atoms with Crippen LogP contribution in [0.5, 0.6) is 0 Å². The van der Waals surface area contributed by atoms with Gasteiger partial charge in [-0.15, -0.1) is 0 Å². The lowest BCUT2D eigenvalue weighted by Crippen LogP contribution is -2.53. The van der Waals surface area contributed by atoms with E-state index in [1.54, 1.807) is 25.7 Å². The maximum atomic E-state index is 11.8. The van der Waals surface area contributed by atoms with Gasteiger partial charge in [-0.3, -0.25) is 0 Å². The molecule has 6 heteroatoms. The van der Waals surface area contributed by atoms with Crippen molar-refractivity contribution in [1.29, 1.82) is 0 Å². The van der Waals surface area contributed by atoms with Crippen molar-refractivity contribution in [2.45, 2.75) is 39.3 Å². The summed E-state index contributed by atoms with van der Waals surface area (Å²) in [5.41, 5.74) is 5.18. The second-order valence-electron chi connectivity index (χ2n) is 5.58. The number of amides is 2. The van der Waals surface area contributed by atoms with Crippen molar-refractivity contribution in [3.05, 3.63) is 0 Å². The van der Waals surface area contributed by atoms with Crippen molar-refractivity contribution in [2.75, 3.05) is 13.1 Å². The van der Waals surface area contributed by atoms with E-state index in [-0.39, 0.29) is 12.1 Å². The number of aliphatic carboxylic acids is 1. The molecule has 1 saturated heterocycles. The molecule has 2 amide bonds. The molecule has 0 spiro atoms. The zero-order valence-corrected chi connectivity index (χ0v) is 10.6. The van der Waals surface area contributed by atoms with Gasteiger partial charge in [0.1, 0.15) is 6.04 Å². The van der Waals surface area contributed by atoms with Crippen LogP contribution in [0.25, 0.3) is 0 Å². The Balaban J connectivity index is 2.62. The molecule has 0 aromatic rings. The Morgan fingerprint density at radius 1 is 1.47 bits per heavy atom. The molecule has 98 valence electrons. The number of rotatable bonds is 2. The monoisotopic (exact) mass is 243 g/mol. The fraction of sp³-hybridized carbons (Fsp3) is 0.818. The molecule has 0 bridgehead atoms. The molecular weight excluding hydrogens is 222 g/mol. The van der Waals surface area contributed by atoms with Crippen LogP contribution in [0.4, 0.5) is 4.79 Å². The Bertz CT molecular complexity index is 312. The number of urea groups is 1. The van der Waals surface area contributed by atoms with Crippen molar-refractivity contribution in [3.8, 4) is 0 Å². The standard InChI is InChI=1S/C11H21N3O3/c1-11(2,3)8(9(15)16)13-10(17)14-5-4-7(12)6-14/h7-8H,4-6,12H2,1-3H3,(H,13,17)(H,15,16)/t7?,8-/m0/s1. The molecule has 2 atom stereocenters. The van der Waals surface area contributed by atoms with Crippen molar-refractivity contribution in [2.24, 2.45) is 11.1 Å². The Hall–Kier alpha value is -1.30. The van der Waals surface area contributed by atoms with E-state index in [1.165, 1.54) is 0 Å². The molecule has 0 aromatic carbocycles. The van der Waals surface area contributed by atoms with Crippen molar-refractivity contribution in [1.82, 2.24) is 10.2 Å². The topological polar surface area (TPSA) is 95.7 Å². The lowest BCUT2D eigenvalue weighted by atomic mass is 9.87. The maximum absolute atomic E-state index is 11.8. The third kappa shape index (κ3) is 3.59. The highest BCUT2D eigenvalue weighted by Gasteiger charge is 2.34. The van der Waals surface area contributed by atoms with Gasteiger partial charge in [0.15, 0.2) is 0 Å². The van der Waals surface area contributed by atoms with Crippen LogP contribution in [0.1, 0.15) is 27.2 Å². The molecule has 17 heavy (non-hydrogen) atoms. The highest BCUT2D eigenvalue weighted by atomic mass is 16.4. The van der Waals surface area contributed by atoms with Gasteiger partial charge >= 0.3 is 12.0 Å². The minimum atomic E-state index is -1.02. The fourth-order valence-corrected chi connectivity index (χ4v) is 1.84. The molecule has 1 unspecified atom stereocenters. The number of hydrogen-bond donors (Lipinski definition) is 3. The quantitative estimate of drug-likeness (QED) is 0.647. The van der Waals surface area contributed by atoms with Gasteiger partial charge in [0.05, 0.1) is 0 Å². The molecule has 1 aliphatic heterocycles. The molecule has 1 aliphatic rings. The number of nitrogens with two attached hydrogens (primary N) is 1. The first-order valence-electron chi connectivity index (χ1n) is 5.75. The highest BCUT2D eigenvalue weighted by Crippen LogP contribution is 2.20. The number of carboxylic acids is 1. The predicted octanol–water partition coefficient (Wildman–Crippen LogP) is 0.228. The van der Waals surface area contributed by atoms with Gasteiger partial charge in [0.25, 0.3) is 0 Å². The Morgan fingerprint density at radius 3 is 2.41 bits per heavy atom. The average molecular weight is 243 g/mol. The average Bonchev–Trinajstić information content (AvgIpc) is 2.58. The van der Waals surface area contributed by atoms with Crippen LogP contribution in [0.3, 0.4) is 0 Å². The van der Waals surface area contributed by atoms with Crippen molar-refractivity contribution < 1.29 is 14.7 Å². The van der Waals surface area contributed by atoms with Crippen LogP contribution in [0.2, 0.25) is 0 Å². The van der Waals surface area contributed by atoms with Crippen molar-refractivity contribution in [3.63, 3.8) is 0 Å². The van der Waals surface area contributed by atoms with Gasteiger partial charge in [-0.2, -0.15) is 0 Å². The molecule has 0 aromatic heterocycles. The first-order valence-corrected chi connectivity index (χ1v) is 5.75. The minimum Gasteiger partial charge on any atom is -0.480 e. The molecule has 1 heterocycles. The second-order valence-corrected chi connectivity index (χ2v) is 5.58. The SMILES string of the molecule is CC(C)(C)[C@@H](NC(=O)N1CCC(N)C1)C(=O)O. The number of carbonyl (C=O) groups excluding carboxylic acids is 1. The van der Waals surface area contributed by atoms with Crippen LogP contribution >= 0.6 is 0 Å². The summed E-state index contributed by atoms with van der Waals surface area (Å²) in [6, 6.07) is -1.24. The van der Waals surface area contributed by atoms with Crippen LogP contribution < -0.4 is 11.1 Å². The number of nitrogens with one attached hydrogen (secondary N) is 1. The number of likely N-dealkylation sites (tertiary alicyclic amines) is 1. The zero-order valence-electron chi connectivity index (χ0n) is 10.6. The normalized spacial score (nSPS) is 22.4. The van der Waals surface area contributed by atoms with Gasteiger partial charge < -0.3 is 21.1 Å². The number of nitrogens with zero attached hydrogens (tertiary/aromatic N) is 1. The number of carboxylic acid groups (broad SMARTS) is 1. The van der Waals surface area contributed by atoms with E-state index < -0.39 is 17.4 Å². The van der Waals surface area contributed by atoms with E-state index >= 15 is 0 Å². The summed E-state index contributed by atoms with van der Waals surface area (Å²) in [5.74, 6) is -1.02. The van der Waals surface area contributed by atoms with E-state index in [0.29, 0.717) is 13.1 Å². The lowest BCUT2D eigenvalue weighted by Gasteiger charge is -2.29. The molecule has 0 aliphatic carbocycles. The summed E-state index contributed by atoms with van der Waals surface area (Å²) in [7, 11) is 0. The summed E-state index contributed by atoms with van der Waals surface area (Å²) in [4.78, 5) is 24.5. The summed E-state index contributed by atoms with van der Waals surface area (Å²) < 4.78 is 0. The van der Waals surface area contributed by atoms with Gasteiger partial charge in [-0.1, -0.05) is 20.8 Å². The van der Waals surface area contributed by atoms with Gasteiger partial charge in [0.2, 0.25) is 0 Å². The number of carbonyl (C=O) groups is 2. The predicted molar refractivity (Wildman–Crippen MR) is 63.6 cm³/mol. The summed E-state index contributed by atoms with van der Waals surface area (Å²) in [6.45, 7) is 6.41. The first-order chi connectivity index (χ1) is 7.71. The van der Waals surface area contributed by atoms with Crippen LogP contribution in [-0.2, 0) is 4.79 Å². The van der Waals surface area contributed by atoms with E-state index in [4.69, 9.17) is 10.8 Å². The molecule has 6 nitrogen and oxygen atoms in total. The maximum Gasteiger partial charge on any atom is 0.326 e. The van der Waals surface area contributed by atoms with E-state index in [1.807, 2.05) is 0 Å². The largest absolute Gasteiger partial charge is 0.480 e. The van der Waals surface area contributed by atoms with E-state index in [0.717, 1.165) is 6.42 Å². The molecule has 1 fully saturated rings. The van der Waals surface area contributed by atoms with Crippen molar-refractivity contribution >= 4 is 12.0 Å². The second kappa shape index (κ2) is 4.91. The fourth-order valence-electron chi connectivity index (χ4n) is 1.84. The van der Waals surface area contributed by atoms with E-state index in [9.17, 15) is 9.59 Å². The third-order valence-electron chi connectivity index (χ3n) is 2.89. The van der Waals surface area contributed by atoms with Crippen LogP contribution in [-0.4, -0.2) is 47.2 Å². The van der Waals surface area contributed by atoms with Gasteiger partial charge in [-0.25, -0.2) is 9.59 Å². The lowest BCUT2D eigenvalue weighted by molar-refractivity contribution is -0.142.